The molecular weight excluding hydrogens is 394 g/mol. The summed E-state index contributed by atoms with van der Waals surface area (Å²) in [6, 6.07) is 17.2. The largest absolute Gasteiger partial charge is 0.468 e. The van der Waals surface area contributed by atoms with Crippen LogP contribution >= 0.6 is 0 Å². The van der Waals surface area contributed by atoms with Crippen LogP contribution in [-0.2, 0) is 13.1 Å². The first-order chi connectivity index (χ1) is 15.2. The topological polar surface area (TPSA) is 67.2 Å². The molecule has 3 heterocycles. The quantitative estimate of drug-likeness (QED) is 0.659. The first-order valence-electron chi connectivity index (χ1n) is 10.5. The predicted octanol–water partition coefficient (Wildman–Crippen LogP) is 3.58. The molecule has 1 fully saturated rings. The minimum Gasteiger partial charge on any atom is -0.468 e. The van der Waals surface area contributed by atoms with Gasteiger partial charge in [-0.2, -0.15) is 0 Å². The van der Waals surface area contributed by atoms with Gasteiger partial charge in [0.15, 0.2) is 11.5 Å². The number of nitrogens with zero attached hydrogens (tertiary/aromatic N) is 2. The van der Waals surface area contributed by atoms with Crippen LogP contribution in [0.4, 0.5) is 5.69 Å². The second kappa shape index (κ2) is 8.83. The minimum absolute atomic E-state index is 0.168. The first kappa shape index (κ1) is 19.7. The van der Waals surface area contributed by atoms with Crippen molar-refractivity contribution in [2.45, 2.75) is 13.1 Å². The van der Waals surface area contributed by atoms with E-state index in [1.165, 1.54) is 5.56 Å². The number of anilines is 1. The van der Waals surface area contributed by atoms with Gasteiger partial charge in [0.1, 0.15) is 5.76 Å². The van der Waals surface area contributed by atoms with E-state index in [-0.39, 0.29) is 12.7 Å². The standard InChI is InChI=1S/C24H25N3O4/c28-24(19-5-8-22-23(14-19)31-17-30-22)25-20-6-3-18(4-7-20)15-26-9-11-27(12-10-26)16-21-2-1-13-29-21/h1-8,13-14H,9-12,15-17H2,(H,25,28). The van der Waals surface area contributed by atoms with Crippen molar-refractivity contribution >= 4 is 11.6 Å². The molecule has 2 aliphatic heterocycles. The van der Waals surface area contributed by atoms with Crippen LogP contribution in [0.3, 0.4) is 0 Å². The molecule has 0 aliphatic carbocycles. The lowest BCUT2D eigenvalue weighted by atomic mass is 10.1. The van der Waals surface area contributed by atoms with Crippen molar-refractivity contribution < 1.29 is 18.7 Å². The van der Waals surface area contributed by atoms with E-state index in [2.05, 4.69) is 27.2 Å². The van der Waals surface area contributed by atoms with Crippen molar-refractivity contribution in [2.24, 2.45) is 0 Å². The average Bonchev–Trinajstić information content (AvgIpc) is 3.48. The highest BCUT2D eigenvalue weighted by Crippen LogP contribution is 2.32. The van der Waals surface area contributed by atoms with Crippen LogP contribution in [0.5, 0.6) is 11.5 Å². The maximum Gasteiger partial charge on any atom is 0.255 e. The number of furan rings is 1. The zero-order valence-electron chi connectivity index (χ0n) is 17.3. The Kier molecular flexibility index (Phi) is 5.60. The third kappa shape index (κ3) is 4.73. The molecule has 31 heavy (non-hydrogen) atoms. The lowest BCUT2D eigenvalue weighted by Crippen LogP contribution is -2.45. The second-order valence-electron chi connectivity index (χ2n) is 7.85. The molecule has 1 saturated heterocycles. The molecule has 7 heteroatoms. The molecule has 1 amide bonds. The Hall–Kier alpha value is -3.29. The van der Waals surface area contributed by atoms with Crippen molar-refractivity contribution in [3.63, 3.8) is 0 Å². The molecule has 3 aromatic rings. The van der Waals surface area contributed by atoms with Crippen molar-refractivity contribution in [1.29, 1.82) is 0 Å². The average molecular weight is 419 g/mol. The number of amides is 1. The molecule has 7 nitrogen and oxygen atoms in total. The predicted molar refractivity (Wildman–Crippen MR) is 116 cm³/mol. The van der Waals surface area contributed by atoms with Crippen LogP contribution in [0.15, 0.2) is 65.3 Å². The summed E-state index contributed by atoms with van der Waals surface area (Å²) in [5.41, 5.74) is 2.55. The van der Waals surface area contributed by atoms with Crippen LogP contribution in [0, 0.1) is 0 Å². The Morgan fingerprint density at radius 3 is 2.35 bits per heavy atom. The molecule has 160 valence electrons. The molecule has 2 aromatic carbocycles. The summed E-state index contributed by atoms with van der Waals surface area (Å²) in [6.07, 6.45) is 1.73. The molecule has 0 bridgehead atoms. The first-order valence-corrected chi connectivity index (χ1v) is 10.5. The highest BCUT2D eigenvalue weighted by Gasteiger charge is 2.18. The number of piperazine rings is 1. The number of fused-ring (bicyclic) bond motifs is 1. The van der Waals surface area contributed by atoms with Crippen LogP contribution in [0.1, 0.15) is 21.7 Å². The highest BCUT2D eigenvalue weighted by atomic mass is 16.7. The Morgan fingerprint density at radius 1 is 0.871 bits per heavy atom. The van der Waals surface area contributed by atoms with Gasteiger partial charge >= 0.3 is 0 Å². The molecule has 1 N–H and O–H groups in total. The maximum absolute atomic E-state index is 12.5. The number of hydrogen-bond donors (Lipinski definition) is 1. The Labute approximate surface area is 181 Å². The summed E-state index contributed by atoms with van der Waals surface area (Å²) in [4.78, 5) is 17.4. The molecule has 0 atom stereocenters. The number of carbonyl (C=O) groups excluding carboxylic acids is 1. The fourth-order valence-corrected chi connectivity index (χ4v) is 3.92. The summed E-state index contributed by atoms with van der Waals surface area (Å²) < 4.78 is 16.1. The summed E-state index contributed by atoms with van der Waals surface area (Å²) in [5.74, 6) is 2.13. The van der Waals surface area contributed by atoms with Gasteiger partial charge in [0, 0.05) is 44.0 Å². The highest BCUT2D eigenvalue weighted by molar-refractivity contribution is 6.04. The fraction of sp³-hybridized carbons (Fsp3) is 0.292. The van der Waals surface area contributed by atoms with E-state index >= 15 is 0 Å². The molecule has 1 aromatic heterocycles. The molecule has 0 spiro atoms. The molecule has 0 unspecified atom stereocenters. The molecule has 0 saturated carbocycles. The van der Waals surface area contributed by atoms with E-state index in [1.807, 2.05) is 24.3 Å². The number of hydrogen-bond acceptors (Lipinski definition) is 6. The third-order valence-electron chi connectivity index (χ3n) is 5.68. The van der Waals surface area contributed by atoms with Gasteiger partial charge in [-0.15, -0.1) is 0 Å². The van der Waals surface area contributed by atoms with E-state index in [9.17, 15) is 4.79 Å². The van der Waals surface area contributed by atoms with Crippen LogP contribution in [0.25, 0.3) is 0 Å². The van der Waals surface area contributed by atoms with E-state index in [0.29, 0.717) is 17.1 Å². The van der Waals surface area contributed by atoms with Crippen molar-refractivity contribution in [2.75, 3.05) is 38.3 Å². The van der Waals surface area contributed by atoms with E-state index in [1.54, 1.807) is 24.5 Å². The number of rotatable bonds is 6. The fourth-order valence-electron chi connectivity index (χ4n) is 3.92. The number of carbonyl (C=O) groups is 1. The zero-order valence-corrected chi connectivity index (χ0v) is 17.3. The normalized spacial score (nSPS) is 16.4. The zero-order chi connectivity index (χ0) is 21.0. The molecular formula is C24H25N3O4. The third-order valence-corrected chi connectivity index (χ3v) is 5.68. The summed E-state index contributed by atoms with van der Waals surface area (Å²) >= 11 is 0. The minimum atomic E-state index is -0.168. The smallest absolute Gasteiger partial charge is 0.255 e. The van der Waals surface area contributed by atoms with E-state index in [0.717, 1.165) is 50.7 Å². The van der Waals surface area contributed by atoms with Gasteiger partial charge in [0.25, 0.3) is 5.91 Å². The van der Waals surface area contributed by atoms with Gasteiger partial charge in [-0.1, -0.05) is 12.1 Å². The van der Waals surface area contributed by atoms with Crippen LogP contribution in [0.2, 0.25) is 0 Å². The van der Waals surface area contributed by atoms with Crippen molar-refractivity contribution in [1.82, 2.24) is 9.80 Å². The van der Waals surface area contributed by atoms with Gasteiger partial charge < -0.3 is 19.2 Å². The SMILES string of the molecule is O=C(Nc1ccc(CN2CCN(Cc3ccco3)CC2)cc1)c1ccc2c(c1)OCO2. The van der Waals surface area contributed by atoms with Crippen LogP contribution in [-0.4, -0.2) is 48.7 Å². The van der Waals surface area contributed by atoms with E-state index in [4.69, 9.17) is 13.9 Å². The van der Waals surface area contributed by atoms with Gasteiger partial charge in [-0.3, -0.25) is 14.6 Å². The summed E-state index contributed by atoms with van der Waals surface area (Å²) in [7, 11) is 0. The maximum atomic E-state index is 12.5. The van der Waals surface area contributed by atoms with Crippen LogP contribution < -0.4 is 14.8 Å². The molecule has 5 rings (SSSR count). The van der Waals surface area contributed by atoms with E-state index < -0.39 is 0 Å². The summed E-state index contributed by atoms with van der Waals surface area (Å²) in [6.45, 7) is 6.10. The number of nitrogens with one attached hydrogen (secondary N) is 1. The lowest BCUT2D eigenvalue weighted by Gasteiger charge is -2.34. The lowest BCUT2D eigenvalue weighted by molar-refractivity contribution is 0.102. The number of benzene rings is 2. The Balaban J connectivity index is 1.11. The van der Waals surface area contributed by atoms with Gasteiger partial charge in [-0.25, -0.2) is 0 Å². The van der Waals surface area contributed by atoms with Crippen molar-refractivity contribution in [3.05, 3.63) is 77.7 Å². The van der Waals surface area contributed by atoms with Gasteiger partial charge in [0.2, 0.25) is 6.79 Å². The second-order valence-corrected chi connectivity index (χ2v) is 7.85. The van der Waals surface area contributed by atoms with Gasteiger partial charge in [0.05, 0.1) is 12.8 Å². The van der Waals surface area contributed by atoms with Crippen molar-refractivity contribution in [3.8, 4) is 11.5 Å². The molecule has 2 aliphatic rings. The molecule has 0 radical (unpaired) electrons. The van der Waals surface area contributed by atoms with Gasteiger partial charge in [-0.05, 0) is 48.0 Å². The number of ether oxygens (including phenoxy) is 2. The Morgan fingerprint density at radius 2 is 1.61 bits per heavy atom. The summed E-state index contributed by atoms with van der Waals surface area (Å²) in [5, 5.41) is 2.94. The monoisotopic (exact) mass is 419 g/mol. The Bertz CT molecular complexity index is 1030.